The van der Waals surface area contributed by atoms with E-state index in [1.165, 1.54) is 23.1 Å². The van der Waals surface area contributed by atoms with Gasteiger partial charge in [0.05, 0.1) is 15.8 Å². The maximum atomic E-state index is 12.9. The summed E-state index contributed by atoms with van der Waals surface area (Å²) < 4.78 is 12.2. The third kappa shape index (κ3) is 3.76. The zero-order valence-corrected chi connectivity index (χ0v) is 16.8. The van der Waals surface area contributed by atoms with E-state index in [0.717, 1.165) is 20.9 Å². The molecule has 1 N–H and O–H groups in total. The summed E-state index contributed by atoms with van der Waals surface area (Å²) in [5.41, 5.74) is 1.36. The molecule has 0 saturated carbocycles. The third-order valence-corrected chi connectivity index (χ3v) is 6.22. The fraction of sp³-hybridized carbons (Fsp3) is 0.0952. The molecule has 8 heteroatoms. The number of fused-ring (bicyclic) bond motifs is 2. The minimum atomic E-state index is -0.239. The van der Waals surface area contributed by atoms with Gasteiger partial charge in [0.15, 0.2) is 16.6 Å². The molecule has 6 nitrogen and oxygen atoms in total. The van der Waals surface area contributed by atoms with Gasteiger partial charge in [0.1, 0.15) is 18.2 Å². The summed E-state index contributed by atoms with van der Waals surface area (Å²) in [5.74, 6) is 1.20. The highest BCUT2D eigenvalue weighted by Crippen LogP contribution is 2.37. The number of thiazole rings is 1. The maximum Gasteiger partial charge on any atom is 0.260 e. The standard InChI is InChI=1S/C21H15N3O3S2/c25-19(24-21-23-15-5-1-2-6-18(15)29-21)14-4-3-9-22-20(14)28-13-7-8-16-17(12-13)27-11-10-26-16/h1-9,12H,10-11H2,(H,23,24,25). The summed E-state index contributed by atoms with van der Waals surface area (Å²) in [7, 11) is 0. The van der Waals surface area contributed by atoms with Crippen molar-refractivity contribution in [1.29, 1.82) is 0 Å². The summed E-state index contributed by atoms with van der Waals surface area (Å²) in [6.07, 6.45) is 1.68. The first kappa shape index (κ1) is 18.0. The van der Waals surface area contributed by atoms with Crippen molar-refractivity contribution in [2.75, 3.05) is 18.5 Å². The normalized spacial score (nSPS) is 12.7. The molecular weight excluding hydrogens is 406 g/mol. The van der Waals surface area contributed by atoms with E-state index in [0.29, 0.717) is 34.7 Å². The van der Waals surface area contributed by atoms with Crippen LogP contribution in [0.4, 0.5) is 5.13 Å². The Bertz CT molecular complexity index is 1180. The molecular formula is C21H15N3O3S2. The smallest absolute Gasteiger partial charge is 0.260 e. The maximum absolute atomic E-state index is 12.9. The number of hydrogen-bond donors (Lipinski definition) is 1. The number of carbonyl (C=O) groups is 1. The van der Waals surface area contributed by atoms with Gasteiger partial charge < -0.3 is 9.47 Å². The molecule has 0 atom stereocenters. The van der Waals surface area contributed by atoms with E-state index in [9.17, 15) is 4.79 Å². The van der Waals surface area contributed by atoms with E-state index in [4.69, 9.17) is 9.47 Å². The van der Waals surface area contributed by atoms with Crippen molar-refractivity contribution in [2.45, 2.75) is 9.92 Å². The first-order valence-electron chi connectivity index (χ1n) is 8.96. The van der Waals surface area contributed by atoms with Gasteiger partial charge in [-0.05, 0) is 42.5 Å². The van der Waals surface area contributed by atoms with Crippen molar-refractivity contribution in [3.8, 4) is 11.5 Å². The van der Waals surface area contributed by atoms with Gasteiger partial charge in [-0.1, -0.05) is 35.2 Å². The Hall–Kier alpha value is -3.10. The molecule has 0 spiro atoms. The van der Waals surface area contributed by atoms with Crippen LogP contribution in [0.2, 0.25) is 0 Å². The summed E-state index contributed by atoms with van der Waals surface area (Å²) in [6, 6.07) is 17.0. The summed E-state index contributed by atoms with van der Waals surface area (Å²) in [6.45, 7) is 1.08. The van der Waals surface area contributed by atoms with E-state index >= 15 is 0 Å². The van der Waals surface area contributed by atoms with Crippen LogP contribution in [0.3, 0.4) is 0 Å². The largest absolute Gasteiger partial charge is 0.486 e. The molecule has 1 aliphatic heterocycles. The predicted octanol–water partition coefficient (Wildman–Crippen LogP) is 4.87. The van der Waals surface area contributed by atoms with Gasteiger partial charge in [0, 0.05) is 11.1 Å². The van der Waals surface area contributed by atoms with Crippen molar-refractivity contribution in [1.82, 2.24) is 9.97 Å². The van der Waals surface area contributed by atoms with Crippen LogP contribution in [0.15, 0.2) is 70.7 Å². The molecule has 0 unspecified atom stereocenters. The minimum Gasteiger partial charge on any atom is -0.486 e. The van der Waals surface area contributed by atoms with Crippen molar-refractivity contribution < 1.29 is 14.3 Å². The molecule has 2 aromatic carbocycles. The summed E-state index contributed by atoms with van der Waals surface area (Å²) in [4.78, 5) is 22.7. The second-order valence-electron chi connectivity index (χ2n) is 6.20. The Labute approximate surface area is 174 Å². The Morgan fingerprint density at radius 3 is 2.79 bits per heavy atom. The average molecular weight is 422 g/mol. The van der Waals surface area contributed by atoms with Crippen molar-refractivity contribution >= 4 is 44.4 Å². The molecule has 0 saturated heterocycles. The number of para-hydroxylation sites is 1. The molecule has 1 aliphatic rings. The summed E-state index contributed by atoms with van der Waals surface area (Å²) in [5, 5.41) is 4.07. The predicted molar refractivity (Wildman–Crippen MR) is 113 cm³/mol. The molecule has 1 amide bonds. The van der Waals surface area contributed by atoms with Gasteiger partial charge in [-0.3, -0.25) is 10.1 Å². The molecule has 144 valence electrons. The van der Waals surface area contributed by atoms with Gasteiger partial charge in [0.25, 0.3) is 5.91 Å². The van der Waals surface area contributed by atoms with Crippen LogP contribution in [0.5, 0.6) is 11.5 Å². The summed E-state index contributed by atoms with van der Waals surface area (Å²) >= 11 is 2.85. The van der Waals surface area contributed by atoms with Gasteiger partial charge in [-0.2, -0.15) is 0 Å². The lowest BCUT2D eigenvalue weighted by Crippen LogP contribution is -2.15. The second kappa shape index (κ2) is 7.73. The van der Waals surface area contributed by atoms with Crippen LogP contribution in [0.25, 0.3) is 10.2 Å². The lowest BCUT2D eigenvalue weighted by molar-refractivity contribution is 0.102. The second-order valence-corrected chi connectivity index (χ2v) is 8.30. The number of anilines is 1. The lowest BCUT2D eigenvalue weighted by atomic mass is 10.3. The monoisotopic (exact) mass is 421 g/mol. The average Bonchev–Trinajstić information content (AvgIpc) is 3.16. The van der Waals surface area contributed by atoms with Crippen LogP contribution in [-0.2, 0) is 0 Å². The third-order valence-electron chi connectivity index (χ3n) is 4.26. The zero-order chi connectivity index (χ0) is 19.6. The molecule has 0 aliphatic carbocycles. The number of hydrogen-bond acceptors (Lipinski definition) is 7. The highest BCUT2D eigenvalue weighted by Gasteiger charge is 2.17. The Balaban J connectivity index is 1.39. The van der Waals surface area contributed by atoms with Crippen LogP contribution in [-0.4, -0.2) is 29.1 Å². The van der Waals surface area contributed by atoms with Crippen molar-refractivity contribution in [3.63, 3.8) is 0 Å². The number of ether oxygens (including phenoxy) is 2. The van der Waals surface area contributed by atoms with E-state index in [2.05, 4.69) is 15.3 Å². The number of aromatic nitrogens is 2. The van der Waals surface area contributed by atoms with Crippen LogP contribution in [0, 0.1) is 0 Å². The topological polar surface area (TPSA) is 73.3 Å². The highest BCUT2D eigenvalue weighted by atomic mass is 32.2. The first-order chi connectivity index (χ1) is 14.3. The Morgan fingerprint density at radius 1 is 1.03 bits per heavy atom. The molecule has 4 aromatic rings. The van der Waals surface area contributed by atoms with Crippen LogP contribution < -0.4 is 14.8 Å². The van der Waals surface area contributed by atoms with E-state index < -0.39 is 0 Å². The SMILES string of the molecule is O=C(Nc1nc2ccccc2s1)c1cccnc1Sc1ccc2c(c1)OCCO2. The van der Waals surface area contributed by atoms with E-state index in [-0.39, 0.29) is 5.91 Å². The highest BCUT2D eigenvalue weighted by molar-refractivity contribution is 7.99. The lowest BCUT2D eigenvalue weighted by Gasteiger charge is -2.18. The number of rotatable bonds is 4. The van der Waals surface area contributed by atoms with Crippen molar-refractivity contribution in [3.05, 3.63) is 66.4 Å². The molecule has 5 rings (SSSR count). The number of benzene rings is 2. The first-order valence-corrected chi connectivity index (χ1v) is 10.6. The fourth-order valence-corrected chi connectivity index (χ4v) is 4.70. The molecule has 2 aromatic heterocycles. The molecule has 29 heavy (non-hydrogen) atoms. The molecule has 0 radical (unpaired) electrons. The van der Waals surface area contributed by atoms with Crippen LogP contribution in [0.1, 0.15) is 10.4 Å². The van der Waals surface area contributed by atoms with Crippen LogP contribution >= 0.6 is 23.1 Å². The quantitative estimate of drug-likeness (QED) is 0.507. The van der Waals surface area contributed by atoms with Gasteiger partial charge in [-0.15, -0.1) is 0 Å². The molecule has 3 heterocycles. The number of pyridine rings is 1. The van der Waals surface area contributed by atoms with E-state index in [1.807, 2.05) is 42.5 Å². The zero-order valence-electron chi connectivity index (χ0n) is 15.1. The van der Waals surface area contributed by atoms with Crippen molar-refractivity contribution in [2.24, 2.45) is 0 Å². The number of carbonyl (C=O) groups excluding carboxylic acids is 1. The minimum absolute atomic E-state index is 0.239. The van der Waals surface area contributed by atoms with Gasteiger partial charge in [0.2, 0.25) is 0 Å². The molecule has 0 bridgehead atoms. The number of amides is 1. The van der Waals surface area contributed by atoms with Gasteiger partial charge in [-0.25, -0.2) is 9.97 Å². The molecule has 0 fully saturated rings. The number of nitrogens with zero attached hydrogens (tertiary/aromatic N) is 2. The van der Waals surface area contributed by atoms with Gasteiger partial charge >= 0.3 is 0 Å². The van der Waals surface area contributed by atoms with E-state index in [1.54, 1.807) is 18.3 Å². The number of nitrogens with one attached hydrogen (secondary N) is 1. The fourth-order valence-electron chi connectivity index (χ4n) is 2.93. The Morgan fingerprint density at radius 2 is 1.90 bits per heavy atom. The Kier molecular flexibility index (Phi) is 4.79.